The molecule has 0 aliphatic heterocycles. The first-order valence-corrected chi connectivity index (χ1v) is 3.19. The Morgan fingerprint density at radius 2 is 1.20 bits per heavy atom. The van der Waals surface area contributed by atoms with Crippen LogP contribution in [0, 0.1) is 0 Å². The minimum absolute atomic E-state index is 0.111. The Bertz CT molecular complexity index is 82.7. The number of nitrogens with zero attached hydrogens (tertiary/aromatic N) is 1. The fourth-order valence-electron chi connectivity index (χ4n) is 0.856. The molecular formula is C6H16NO3+. The van der Waals surface area contributed by atoms with Crippen LogP contribution in [0.1, 0.15) is 13.8 Å². The average Bonchev–Trinajstić information content (AvgIpc) is 1.92. The van der Waals surface area contributed by atoms with Gasteiger partial charge in [-0.25, -0.2) is 0 Å². The van der Waals surface area contributed by atoms with Crippen molar-refractivity contribution in [3.8, 4) is 0 Å². The van der Waals surface area contributed by atoms with Crippen LogP contribution in [0.15, 0.2) is 0 Å². The third-order valence-electron chi connectivity index (χ3n) is 1.40. The fourth-order valence-corrected chi connectivity index (χ4v) is 0.856. The number of quaternary nitrogens is 1. The predicted octanol–water partition coefficient (Wildman–Crippen LogP) is 0.896. The molecule has 0 saturated heterocycles. The molecule has 4 heteroatoms. The molecule has 0 spiro atoms. The molecule has 0 bridgehead atoms. The van der Waals surface area contributed by atoms with E-state index >= 15 is 0 Å². The largest absolute Gasteiger partial charge is 0.182 e. The van der Waals surface area contributed by atoms with Crippen LogP contribution in [0.25, 0.3) is 0 Å². The highest BCUT2D eigenvalue weighted by atomic mass is 17.2. The maximum Gasteiger partial charge on any atom is 0.182 e. The number of hydrogen-bond acceptors (Lipinski definition) is 3. The van der Waals surface area contributed by atoms with Crippen LogP contribution >= 0.6 is 0 Å². The molecule has 0 saturated carbocycles. The van der Waals surface area contributed by atoms with Crippen molar-refractivity contribution in [1.82, 2.24) is 0 Å². The summed E-state index contributed by atoms with van der Waals surface area (Å²) in [5.41, 5.74) is 0. The van der Waals surface area contributed by atoms with Gasteiger partial charge in [0.2, 0.25) is 0 Å². The molecule has 0 amide bonds. The van der Waals surface area contributed by atoms with E-state index in [0.29, 0.717) is 0 Å². The summed E-state index contributed by atoms with van der Waals surface area (Å²) in [6.45, 7) is 3.88. The van der Waals surface area contributed by atoms with Gasteiger partial charge in [-0.1, -0.05) is 0 Å². The normalized spacial score (nSPS) is 12.6. The average molecular weight is 150 g/mol. The number of hydrogen-bond donors (Lipinski definition) is 0. The summed E-state index contributed by atoms with van der Waals surface area (Å²) < 4.78 is 0. The molecule has 0 aromatic heterocycles. The van der Waals surface area contributed by atoms with Crippen LogP contribution in [0.3, 0.4) is 0 Å². The van der Waals surface area contributed by atoms with Gasteiger partial charge in [0.25, 0.3) is 0 Å². The highest BCUT2D eigenvalue weighted by Gasteiger charge is 2.35. The SMILES string of the molecule is CO[N+](OC)(OC)C(C)C. The lowest BCUT2D eigenvalue weighted by Gasteiger charge is -2.28. The highest BCUT2D eigenvalue weighted by Crippen LogP contribution is 2.13. The maximum absolute atomic E-state index is 4.99. The van der Waals surface area contributed by atoms with E-state index in [-0.39, 0.29) is 11.0 Å². The summed E-state index contributed by atoms with van der Waals surface area (Å²) in [5, 5.41) is 0. The molecule has 0 aliphatic carbocycles. The van der Waals surface area contributed by atoms with E-state index in [1.165, 1.54) is 21.3 Å². The lowest BCUT2D eigenvalue weighted by atomic mass is 10.4. The fraction of sp³-hybridized carbons (Fsp3) is 1.00. The van der Waals surface area contributed by atoms with Gasteiger partial charge in [0, 0.05) is 0 Å². The Morgan fingerprint density at radius 1 is 0.900 bits per heavy atom. The van der Waals surface area contributed by atoms with Gasteiger partial charge in [0.1, 0.15) is 21.3 Å². The molecular weight excluding hydrogens is 134 g/mol. The lowest BCUT2D eigenvalue weighted by molar-refractivity contribution is -1.37. The Labute approximate surface area is 61.7 Å². The Balaban J connectivity index is 4.15. The standard InChI is InChI=1S/C6H16NO3/c1-6(2)7(8-3,9-4)10-5/h6H,1-5H3/q+1. The number of hydroxylamine groups is 3. The smallest absolute Gasteiger partial charge is 0.135 e. The molecule has 0 aliphatic rings. The van der Waals surface area contributed by atoms with Gasteiger partial charge in [-0.3, -0.25) is 0 Å². The molecule has 0 radical (unpaired) electrons. The minimum atomic E-state index is -0.236. The third-order valence-corrected chi connectivity index (χ3v) is 1.40. The molecule has 0 aromatic rings. The third kappa shape index (κ3) is 1.67. The molecule has 4 nitrogen and oxygen atoms in total. The highest BCUT2D eigenvalue weighted by molar-refractivity contribution is 4.24. The summed E-state index contributed by atoms with van der Waals surface area (Å²) in [7, 11) is 4.60. The Kier molecular flexibility index (Phi) is 3.81. The molecule has 0 atom stereocenters. The van der Waals surface area contributed by atoms with Crippen LogP contribution in [0.4, 0.5) is 0 Å². The number of rotatable bonds is 4. The summed E-state index contributed by atoms with van der Waals surface area (Å²) in [5.74, 6) is 0. The summed E-state index contributed by atoms with van der Waals surface area (Å²) in [6.07, 6.45) is 0. The van der Waals surface area contributed by atoms with E-state index < -0.39 is 0 Å². The van der Waals surface area contributed by atoms with E-state index in [4.69, 9.17) is 14.5 Å². The van der Waals surface area contributed by atoms with Crippen molar-refractivity contribution < 1.29 is 19.5 Å². The van der Waals surface area contributed by atoms with Gasteiger partial charge in [-0.05, 0) is 13.8 Å². The first-order valence-electron chi connectivity index (χ1n) is 3.19. The monoisotopic (exact) mass is 150 g/mol. The minimum Gasteiger partial charge on any atom is -0.135 e. The van der Waals surface area contributed by atoms with Crippen LogP contribution in [0.2, 0.25) is 0 Å². The zero-order chi connectivity index (χ0) is 8.20. The van der Waals surface area contributed by atoms with Crippen molar-refractivity contribution in [2.45, 2.75) is 19.9 Å². The molecule has 0 unspecified atom stereocenters. The van der Waals surface area contributed by atoms with E-state index in [9.17, 15) is 0 Å². The van der Waals surface area contributed by atoms with E-state index in [1.807, 2.05) is 13.8 Å². The quantitative estimate of drug-likeness (QED) is 0.440. The van der Waals surface area contributed by atoms with Crippen LogP contribution in [-0.2, 0) is 14.5 Å². The zero-order valence-electron chi connectivity index (χ0n) is 7.25. The molecule has 0 aromatic carbocycles. The Hall–Kier alpha value is -0.160. The van der Waals surface area contributed by atoms with Crippen molar-refractivity contribution in [2.75, 3.05) is 21.3 Å². The van der Waals surface area contributed by atoms with Crippen molar-refractivity contribution in [3.63, 3.8) is 0 Å². The predicted molar refractivity (Wildman–Crippen MR) is 36.4 cm³/mol. The van der Waals surface area contributed by atoms with Crippen LogP contribution in [0.5, 0.6) is 0 Å². The second-order valence-electron chi connectivity index (χ2n) is 2.18. The van der Waals surface area contributed by atoms with Gasteiger partial charge < -0.3 is 0 Å². The summed E-state index contributed by atoms with van der Waals surface area (Å²) in [4.78, 5) is 14.7. The van der Waals surface area contributed by atoms with Crippen LogP contribution < -0.4 is 0 Å². The second kappa shape index (κ2) is 3.88. The van der Waals surface area contributed by atoms with Gasteiger partial charge in [-0.2, -0.15) is 0 Å². The van der Waals surface area contributed by atoms with Crippen LogP contribution in [-0.4, -0.2) is 32.3 Å². The molecule has 10 heavy (non-hydrogen) atoms. The first-order chi connectivity index (χ1) is 4.63. The van der Waals surface area contributed by atoms with Crippen molar-refractivity contribution in [1.29, 1.82) is 0 Å². The molecule has 0 N–H and O–H groups in total. The zero-order valence-corrected chi connectivity index (χ0v) is 7.25. The van der Waals surface area contributed by atoms with Gasteiger partial charge in [0.15, 0.2) is 6.04 Å². The van der Waals surface area contributed by atoms with E-state index in [0.717, 1.165) is 0 Å². The second-order valence-corrected chi connectivity index (χ2v) is 2.18. The van der Waals surface area contributed by atoms with Gasteiger partial charge in [0.05, 0.1) is 4.97 Å². The first kappa shape index (κ1) is 9.84. The van der Waals surface area contributed by atoms with Crippen molar-refractivity contribution >= 4 is 0 Å². The van der Waals surface area contributed by atoms with Gasteiger partial charge >= 0.3 is 0 Å². The van der Waals surface area contributed by atoms with Crippen molar-refractivity contribution in [3.05, 3.63) is 0 Å². The summed E-state index contributed by atoms with van der Waals surface area (Å²) >= 11 is 0. The van der Waals surface area contributed by atoms with E-state index in [2.05, 4.69) is 0 Å². The Morgan fingerprint density at radius 3 is 1.20 bits per heavy atom. The van der Waals surface area contributed by atoms with Gasteiger partial charge in [-0.15, -0.1) is 14.5 Å². The summed E-state index contributed by atoms with van der Waals surface area (Å²) in [6, 6.07) is 0.111. The van der Waals surface area contributed by atoms with E-state index in [1.54, 1.807) is 0 Å². The topological polar surface area (TPSA) is 27.7 Å². The van der Waals surface area contributed by atoms with Crippen molar-refractivity contribution in [2.24, 2.45) is 0 Å². The molecule has 62 valence electrons. The molecule has 0 rings (SSSR count). The molecule has 0 heterocycles. The lowest BCUT2D eigenvalue weighted by Crippen LogP contribution is -2.50. The molecule has 0 fully saturated rings. The maximum atomic E-state index is 4.99.